The molecule has 0 spiro atoms. The molecular weight excluding hydrogens is 196 g/mol. The zero-order chi connectivity index (χ0) is 10.3. The van der Waals surface area contributed by atoms with Crippen molar-refractivity contribution in [3.05, 3.63) is 28.7 Å². The fourth-order valence-electron chi connectivity index (χ4n) is 1.35. The summed E-state index contributed by atoms with van der Waals surface area (Å²) in [6, 6.07) is 3.63. The number of aromatic amines is 2. The standard InChI is InChI=1S/C7H5BF3N2O/c9-8(10,11)4-2-1-3-5-6(4)13-7(14)12-5/h1-3H,(H2,12,13,14)/q-1. The topological polar surface area (TPSA) is 48.6 Å². The third kappa shape index (κ3) is 1.30. The Morgan fingerprint density at radius 1 is 1.14 bits per heavy atom. The molecule has 1 aromatic carbocycles. The van der Waals surface area contributed by atoms with E-state index < -0.39 is 18.1 Å². The lowest BCUT2D eigenvalue weighted by molar-refractivity contribution is 0.501. The number of rotatable bonds is 1. The highest BCUT2D eigenvalue weighted by Crippen LogP contribution is 2.14. The minimum absolute atomic E-state index is 0.173. The van der Waals surface area contributed by atoms with Crippen LogP contribution in [0.5, 0.6) is 0 Å². The van der Waals surface area contributed by atoms with E-state index in [4.69, 9.17) is 0 Å². The minimum Gasteiger partial charge on any atom is -0.445 e. The molecule has 7 heteroatoms. The SMILES string of the molecule is O=c1[nH]c2cccc([B-](F)(F)F)c2[nH]1. The van der Waals surface area contributed by atoms with E-state index in [1.54, 1.807) is 0 Å². The summed E-state index contributed by atoms with van der Waals surface area (Å²) < 4.78 is 37.4. The summed E-state index contributed by atoms with van der Waals surface area (Å²) in [4.78, 5) is 15.2. The summed E-state index contributed by atoms with van der Waals surface area (Å²) >= 11 is 0. The summed E-state index contributed by atoms with van der Waals surface area (Å²) in [7, 11) is 0. The van der Waals surface area contributed by atoms with Crippen LogP contribution < -0.4 is 11.2 Å². The second-order valence-corrected chi connectivity index (χ2v) is 2.92. The molecule has 74 valence electrons. The van der Waals surface area contributed by atoms with Crippen LogP contribution in [0.25, 0.3) is 11.0 Å². The van der Waals surface area contributed by atoms with Crippen LogP contribution in [0, 0.1) is 0 Å². The number of H-pyrrole nitrogens is 2. The van der Waals surface area contributed by atoms with E-state index in [0.717, 1.165) is 6.07 Å². The summed E-state index contributed by atoms with van der Waals surface area (Å²) in [5.41, 5.74) is -1.41. The molecule has 0 atom stereocenters. The van der Waals surface area contributed by atoms with Gasteiger partial charge in [-0.3, -0.25) is 0 Å². The summed E-state index contributed by atoms with van der Waals surface area (Å²) in [5.74, 6) is 0. The van der Waals surface area contributed by atoms with Gasteiger partial charge in [-0.2, -0.15) is 0 Å². The maximum Gasteiger partial charge on any atom is 0.511 e. The van der Waals surface area contributed by atoms with Gasteiger partial charge in [0.25, 0.3) is 0 Å². The van der Waals surface area contributed by atoms with E-state index in [-0.39, 0.29) is 11.0 Å². The first kappa shape index (κ1) is 8.92. The predicted molar refractivity (Wildman–Crippen MR) is 47.6 cm³/mol. The summed E-state index contributed by atoms with van der Waals surface area (Å²) in [6.45, 7) is -5.09. The van der Waals surface area contributed by atoms with Crippen LogP contribution in [0.3, 0.4) is 0 Å². The molecule has 0 aliphatic heterocycles. The molecule has 14 heavy (non-hydrogen) atoms. The van der Waals surface area contributed by atoms with Gasteiger partial charge in [0.2, 0.25) is 0 Å². The first-order chi connectivity index (χ1) is 6.48. The van der Waals surface area contributed by atoms with Gasteiger partial charge in [0, 0.05) is 5.52 Å². The Balaban J connectivity index is 2.83. The molecule has 0 amide bonds. The summed E-state index contributed by atoms with van der Waals surface area (Å²) in [6.07, 6.45) is 0. The summed E-state index contributed by atoms with van der Waals surface area (Å²) in [5, 5.41) is 0. The zero-order valence-corrected chi connectivity index (χ0v) is 6.85. The second-order valence-electron chi connectivity index (χ2n) is 2.92. The van der Waals surface area contributed by atoms with Crippen LogP contribution in [0.4, 0.5) is 12.9 Å². The highest BCUT2D eigenvalue weighted by Gasteiger charge is 2.28. The number of para-hydroxylation sites is 1. The van der Waals surface area contributed by atoms with E-state index in [2.05, 4.69) is 9.97 Å². The molecular formula is C7H5BF3N2O-. The van der Waals surface area contributed by atoms with Crippen molar-refractivity contribution in [2.24, 2.45) is 0 Å². The molecule has 1 heterocycles. The molecule has 0 saturated carbocycles. The molecule has 0 fully saturated rings. The van der Waals surface area contributed by atoms with Gasteiger partial charge < -0.3 is 22.9 Å². The number of aromatic nitrogens is 2. The number of imidazole rings is 1. The molecule has 0 aliphatic carbocycles. The molecule has 0 saturated heterocycles. The first-order valence-corrected chi connectivity index (χ1v) is 3.89. The van der Waals surface area contributed by atoms with Crippen molar-refractivity contribution in [3.63, 3.8) is 0 Å². The largest absolute Gasteiger partial charge is 0.511 e. The average Bonchev–Trinajstić information content (AvgIpc) is 2.41. The van der Waals surface area contributed by atoms with Gasteiger partial charge in [0.05, 0.1) is 5.52 Å². The Bertz CT molecular complexity index is 527. The lowest BCUT2D eigenvalue weighted by Crippen LogP contribution is -2.34. The minimum atomic E-state index is -5.09. The predicted octanol–water partition coefficient (Wildman–Crippen LogP) is 0.911. The van der Waals surface area contributed by atoms with E-state index in [9.17, 15) is 17.7 Å². The van der Waals surface area contributed by atoms with Crippen LogP contribution in [-0.4, -0.2) is 16.9 Å². The van der Waals surface area contributed by atoms with Crippen LogP contribution >= 0.6 is 0 Å². The second kappa shape index (κ2) is 2.66. The Hall–Kier alpha value is -1.66. The quantitative estimate of drug-likeness (QED) is 0.661. The van der Waals surface area contributed by atoms with Gasteiger partial charge in [0.1, 0.15) is 0 Å². The molecule has 0 radical (unpaired) electrons. The Morgan fingerprint density at radius 3 is 2.50 bits per heavy atom. The van der Waals surface area contributed by atoms with E-state index in [0.29, 0.717) is 0 Å². The maximum absolute atomic E-state index is 12.5. The lowest BCUT2D eigenvalue weighted by atomic mass is 9.79. The highest BCUT2D eigenvalue weighted by atomic mass is 19.4. The van der Waals surface area contributed by atoms with Crippen molar-refractivity contribution in [1.29, 1.82) is 0 Å². The molecule has 0 unspecified atom stereocenters. The van der Waals surface area contributed by atoms with Crippen LogP contribution in [0.2, 0.25) is 0 Å². The third-order valence-corrected chi connectivity index (χ3v) is 1.94. The molecule has 0 aliphatic rings. The first-order valence-electron chi connectivity index (χ1n) is 3.89. The third-order valence-electron chi connectivity index (χ3n) is 1.94. The smallest absolute Gasteiger partial charge is 0.445 e. The normalized spacial score (nSPS) is 12.2. The van der Waals surface area contributed by atoms with Crippen LogP contribution in [0.1, 0.15) is 0 Å². The van der Waals surface area contributed by atoms with Gasteiger partial charge >= 0.3 is 12.7 Å². The van der Waals surface area contributed by atoms with E-state index >= 15 is 0 Å². The van der Waals surface area contributed by atoms with Crippen molar-refractivity contribution in [3.8, 4) is 0 Å². The monoisotopic (exact) mass is 201 g/mol. The van der Waals surface area contributed by atoms with Crippen molar-refractivity contribution in [2.75, 3.05) is 0 Å². The number of hydrogen-bond donors (Lipinski definition) is 2. The van der Waals surface area contributed by atoms with Crippen LogP contribution in [0.15, 0.2) is 23.0 Å². The molecule has 0 bridgehead atoms. The molecule has 2 aromatic rings. The van der Waals surface area contributed by atoms with E-state index in [1.165, 1.54) is 12.1 Å². The zero-order valence-electron chi connectivity index (χ0n) is 6.85. The number of benzene rings is 1. The van der Waals surface area contributed by atoms with Gasteiger partial charge in [-0.25, -0.2) is 4.79 Å². The van der Waals surface area contributed by atoms with Gasteiger partial charge in [-0.15, -0.1) is 0 Å². The number of fused-ring (bicyclic) bond motifs is 1. The Labute approximate surface area is 76.0 Å². The maximum atomic E-state index is 12.5. The van der Waals surface area contributed by atoms with Gasteiger partial charge in [0.15, 0.2) is 0 Å². The van der Waals surface area contributed by atoms with Gasteiger partial charge in [-0.05, 0) is 6.07 Å². The fraction of sp³-hybridized carbons (Fsp3) is 0. The Kier molecular flexibility index (Phi) is 1.70. The average molecular weight is 201 g/mol. The molecule has 2 N–H and O–H groups in total. The van der Waals surface area contributed by atoms with Crippen molar-refractivity contribution >= 4 is 23.5 Å². The number of nitrogens with one attached hydrogen (secondary N) is 2. The van der Waals surface area contributed by atoms with Crippen molar-refractivity contribution < 1.29 is 12.9 Å². The fourth-order valence-corrected chi connectivity index (χ4v) is 1.35. The molecule has 1 aromatic heterocycles. The molecule has 2 rings (SSSR count). The Morgan fingerprint density at radius 2 is 1.86 bits per heavy atom. The van der Waals surface area contributed by atoms with E-state index in [1.807, 2.05) is 0 Å². The lowest BCUT2D eigenvalue weighted by Gasteiger charge is -2.14. The van der Waals surface area contributed by atoms with Crippen molar-refractivity contribution in [2.45, 2.75) is 0 Å². The van der Waals surface area contributed by atoms with Crippen LogP contribution in [-0.2, 0) is 0 Å². The number of hydrogen-bond acceptors (Lipinski definition) is 1. The highest BCUT2D eigenvalue weighted by molar-refractivity contribution is 6.75. The number of halogens is 3. The molecule has 3 nitrogen and oxygen atoms in total. The van der Waals surface area contributed by atoms with Crippen molar-refractivity contribution in [1.82, 2.24) is 9.97 Å². The van der Waals surface area contributed by atoms with Gasteiger partial charge in [-0.1, -0.05) is 17.6 Å².